The zero-order valence-corrected chi connectivity index (χ0v) is 14.4. The van der Waals surface area contributed by atoms with Gasteiger partial charge in [-0.1, -0.05) is 65.2 Å². The van der Waals surface area contributed by atoms with Crippen LogP contribution >= 0.6 is 0 Å². The van der Waals surface area contributed by atoms with Gasteiger partial charge >= 0.3 is 0 Å². The molecule has 0 aromatic rings. The quantitative estimate of drug-likeness (QED) is 0.559. The van der Waals surface area contributed by atoms with E-state index in [1.165, 1.54) is 38.5 Å². The first kappa shape index (κ1) is 14.6. The maximum Gasteiger partial charge on any atom is -0.0324 e. The highest BCUT2D eigenvalue weighted by Gasteiger charge is 2.54. The first-order chi connectivity index (χ1) is 10.3. The molecule has 0 bridgehead atoms. The summed E-state index contributed by atoms with van der Waals surface area (Å²) in [5, 5.41) is 0. The molecule has 6 unspecified atom stereocenters. The van der Waals surface area contributed by atoms with Gasteiger partial charge in [-0.15, -0.1) is 0 Å². The van der Waals surface area contributed by atoms with Crippen molar-refractivity contribution in [2.24, 2.45) is 47.3 Å². The van der Waals surface area contributed by atoms with E-state index in [0.717, 1.165) is 47.3 Å². The second-order valence-electron chi connectivity index (χ2n) is 9.35. The lowest BCUT2D eigenvalue weighted by Crippen LogP contribution is -2.33. The molecule has 0 radical (unpaired) electrons. The Bertz CT molecular complexity index is 327. The van der Waals surface area contributed by atoms with Crippen molar-refractivity contribution in [3.05, 3.63) is 0 Å². The molecule has 0 saturated heterocycles. The predicted molar refractivity (Wildman–Crippen MR) is 90.1 cm³/mol. The Morgan fingerprint density at radius 3 is 1.67 bits per heavy atom. The third-order valence-corrected chi connectivity index (χ3v) is 8.32. The molecule has 4 aliphatic carbocycles. The minimum atomic E-state index is 1.03. The second-order valence-corrected chi connectivity index (χ2v) is 9.35. The molecule has 120 valence electrons. The lowest BCUT2D eigenvalue weighted by atomic mass is 9.65. The summed E-state index contributed by atoms with van der Waals surface area (Å²) in [6, 6.07) is 0. The van der Waals surface area contributed by atoms with Gasteiger partial charge in [0, 0.05) is 0 Å². The fraction of sp³-hybridized carbons (Fsp3) is 1.00. The normalized spacial score (nSPS) is 50.9. The van der Waals surface area contributed by atoms with Crippen LogP contribution in [0.5, 0.6) is 0 Å². The van der Waals surface area contributed by atoms with Gasteiger partial charge in [0.15, 0.2) is 0 Å². The second kappa shape index (κ2) is 5.89. The number of hydrogen-bond acceptors (Lipinski definition) is 0. The summed E-state index contributed by atoms with van der Waals surface area (Å²) < 4.78 is 0. The Morgan fingerprint density at radius 2 is 1.14 bits per heavy atom. The minimum absolute atomic E-state index is 1.03. The molecule has 0 heteroatoms. The van der Waals surface area contributed by atoms with E-state index in [2.05, 4.69) is 13.8 Å². The van der Waals surface area contributed by atoms with Gasteiger partial charge in [0.05, 0.1) is 0 Å². The van der Waals surface area contributed by atoms with Crippen molar-refractivity contribution >= 4 is 0 Å². The number of fused-ring (bicyclic) bond motifs is 3. The molecule has 4 aliphatic rings. The SMILES string of the molecule is CC1CCCC2C(CC3CCCC3)C3CCCC(C)C3C12. The molecule has 4 rings (SSSR count). The Hall–Kier alpha value is 0. The average Bonchev–Trinajstić information content (AvgIpc) is 3.08. The largest absolute Gasteiger partial charge is 0.0622 e. The van der Waals surface area contributed by atoms with Crippen LogP contribution in [0.1, 0.15) is 84.5 Å². The molecule has 21 heavy (non-hydrogen) atoms. The van der Waals surface area contributed by atoms with Crippen molar-refractivity contribution in [1.82, 2.24) is 0 Å². The van der Waals surface area contributed by atoms with Crippen LogP contribution in [0.2, 0.25) is 0 Å². The molecule has 0 spiro atoms. The average molecular weight is 289 g/mol. The molecule has 0 heterocycles. The maximum absolute atomic E-state index is 2.60. The van der Waals surface area contributed by atoms with Gasteiger partial charge in [0.25, 0.3) is 0 Å². The Labute approximate surface area is 132 Å². The highest BCUT2D eigenvalue weighted by molar-refractivity contribution is 5.03. The van der Waals surface area contributed by atoms with Crippen molar-refractivity contribution < 1.29 is 0 Å². The summed E-state index contributed by atoms with van der Waals surface area (Å²) in [4.78, 5) is 0. The van der Waals surface area contributed by atoms with E-state index in [-0.39, 0.29) is 0 Å². The van der Waals surface area contributed by atoms with Crippen LogP contribution in [0.4, 0.5) is 0 Å². The zero-order chi connectivity index (χ0) is 14.4. The molecule has 6 atom stereocenters. The molecule has 0 aromatic carbocycles. The highest BCUT2D eigenvalue weighted by Crippen LogP contribution is 2.62. The van der Waals surface area contributed by atoms with Crippen LogP contribution in [0.3, 0.4) is 0 Å². The first-order valence-electron chi connectivity index (χ1n) is 10.3. The summed E-state index contributed by atoms with van der Waals surface area (Å²) in [6.07, 6.45) is 17.2. The fourth-order valence-electron chi connectivity index (χ4n) is 7.59. The van der Waals surface area contributed by atoms with Gasteiger partial charge in [-0.2, -0.15) is 0 Å². The summed E-state index contributed by atoms with van der Waals surface area (Å²) in [5.41, 5.74) is 0. The van der Waals surface area contributed by atoms with E-state index < -0.39 is 0 Å². The van der Waals surface area contributed by atoms with E-state index in [0.29, 0.717) is 0 Å². The molecule has 4 fully saturated rings. The van der Waals surface area contributed by atoms with Gasteiger partial charge in [0.1, 0.15) is 0 Å². The van der Waals surface area contributed by atoms with Gasteiger partial charge < -0.3 is 0 Å². The first-order valence-corrected chi connectivity index (χ1v) is 10.3. The van der Waals surface area contributed by atoms with Crippen LogP contribution in [0.25, 0.3) is 0 Å². The molecular formula is C21H36. The Balaban J connectivity index is 1.58. The molecule has 0 nitrogen and oxygen atoms in total. The number of rotatable bonds is 2. The van der Waals surface area contributed by atoms with Crippen LogP contribution < -0.4 is 0 Å². The lowest BCUT2D eigenvalue weighted by Gasteiger charge is -2.40. The number of hydrogen-bond donors (Lipinski definition) is 0. The van der Waals surface area contributed by atoms with E-state index >= 15 is 0 Å². The van der Waals surface area contributed by atoms with Crippen LogP contribution in [-0.4, -0.2) is 0 Å². The minimum Gasteiger partial charge on any atom is -0.0622 e. The van der Waals surface area contributed by atoms with Gasteiger partial charge in [-0.05, 0) is 66.6 Å². The Morgan fingerprint density at radius 1 is 0.619 bits per heavy atom. The van der Waals surface area contributed by atoms with E-state index in [4.69, 9.17) is 0 Å². The zero-order valence-electron chi connectivity index (χ0n) is 14.4. The molecule has 4 saturated carbocycles. The molecular weight excluding hydrogens is 252 g/mol. The standard InChI is InChI=1S/C21H36/c1-14-7-5-11-17-19(13-16-9-3-4-10-16)18-12-6-8-15(2)21(18)20(14)17/h14-21H,3-13H2,1-2H3. The maximum atomic E-state index is 2.60. The summed E-state index contributed by atoms with van der Waals surface area (Å²) >= 11 is 0. The van der Waals surface area contributed by atoms with Crippen molar-refractivity contribution in [3.8, 4) is 0 Å². The summed E-state index contributed by atoms with van der Waals surface area (Å²) in [7, 11) is 0. The smallest absolute Gasteiger partial charge is 0.0324 e. The van der Waals surface area contributed by atoms with Crippen LogP contribution in [-0.2, 0) is 0 Å². The van der Waals surface area contributed by atoms with Crippen LogP contribution in [0.15, 0.2) is 0 Å². The highest BCUT2D eigenvalue weighted by atomic mass is 14.6. The molecule has 0 N–H and O–H groups in total. The lowest BCUT2D eigenvalue weighted by molar-refractivity contribution is 0.0879. The fourth-order valence-corrected chi connectivity index (χ4v) is 7.59. The molecule has 0 aromatic heterocycles. The Kier molecular flexibility index (Phi) is 4.09. The summed E-state index contributed by atoms with van der Waals surface area (Å²) in [5.74, 6) is 8.80. The van der Waals surface area contributed by atoms with Crippen molar-refractivity contribution in [1.29, 1.82) is 0 Å². The van der Waals surface area contributed by atoms with E-state index in [9.17, 15) is 0 Å². The van der Waals surface area contributed by atoms with Gasteiger partial charge in [-0.25, -0.2) is 0 Å². The van der Waals surface area contributed by atoms with Crippen molar-refractivity contribution in [2.75, 3.05) is 0 Å². The predicted octanol–water partition coefficient (Wildman–Crippen LogP) is 6.30. The third-order valence-electron chi connectivity index (χ3n) is 8.32. The van der Waals surface area contributed by atoms with E-state index in [1.54, 1.807) is 32.1 Å². The van der Waals surface area contributed by atoms with Crippen molar-refractivity contribution in [2.45, 2.75) is 84.5 Å². The monoisotopic (exact) mass is 288 g/mol. The molecule has 0 aliphatic heterocycles. The topological polar surface area (TPSA) is 0 Å². The van der Waals surface area contributed by atoms with Gasteiger partial charge in [-0.3, -0.25) is 0 Å². The van der Waals surface area contributed by atoms with Crippen LogP contribution in [0, 0.1) is 47.3 Å². The third kappa shape index (κ3) is 2.49. The van der Waals surface area contributed by atoms with E-state index in [1.807, 2.05) is 0 Å². The van der Waals surface area contributed by atoms with Gasteiger partial charge in [0.2, 0.25) is 0 Å². The molecule has 0 amide bonds. The van der Waals surface area contributed by atoms with Crippen molar-refractivity contribution in [3.63, 3.8) is 0 Å². The summed E-state index contributed by atoms with van der Waals surface area (Å²) in [6.45, 7) is 5.21.